The van der Waals surface area contributed by atoms with Gasteiger partial charge in [0.2, 0.25) is 6.71 Å². The Bertz CT molecular complexity index is 448. The zero-order chi connectivity index (χ0) is 11.5. The van der Waals surface area contributed by atoms with Gasteiger partial charge in [-0.15, -0.1) is 0 Å². The molecule has 0 spiro atoms. The Kier molecular flexibility index (Phi) is 3.69. The lowest BCUT2D eigenvalue weighted by atomic mass is 9.42. The van der Waals surface area contributed by atoms with Gasteiger partial charge in [-0.05, 0) is 35.6 Å². The Hall–Kier alpha value is -0.765. The maximum atomic E-state index is 2.41. The molecule has 0 nitrogen and oxygen atoms in total. The van der Waals surface area contributed by atoms with E-state index >= 15 is 0 Å². The second kappa shape index (κ2) is 5.04. The van der Waals surface area contributed by atoms with E-state index in [0.29, 0.717) is 6.71 Å². The van der Waals surface area contributed by atoms with Crippen molar-refractivity contribution in [1.82, 2.24) is 0 Å². The van der Waals surface area contributed by atoms with Crippen molar-refractivity contribution in [2.24, 2.45) is 0 Å². The maximum absolute atomic E-state index is 2.41. The first-order valence-corrected chi connectivity index (χ1v) is 6.58. The molecule has 16 heavy (non-hydrogen) atoms. The molecular formula is C14H14BI. The Morgan fingerprint density at radius 2 is 1.44 bits per heavy atom. The molecule has 0 amide bonds. The van der Waals surface area contributed by atoms with E-state index < -0.39 is 0 Å². The summed E-state index contributed by atoms with van der Waals surface area (Å²) < 4.78 is 1.34. The highest BCUT2D eigenvalue weighted by molar-refractivity contribution is 14.1. The second-order valence-electron chi connectivity index (χ2n) is 4.10. The van der Waals surface area contributed by atoms with Gasteiger partial charge >= 0.3 is 0 Å². The molecule has 0 unspecified atom stereocenters. The fraction of sp³-hybridized carbons (Fsp3) is 0.143. The summed E-state index contributed by atoms with van der Waals surface area (Å²) in [4.78, 5) is 0. The van der Waals surface area contributed by atoms with Crippen LogP contribution in [0.2, 0.25) is 6.82 Å². The van der Waals surface area contributed by atoms with Gasteiger partial charge in [-0.1, -0.05) is 65.8 Å². The van der Waals surface area contributed by atoms with Gasteiger partial charge in [0, 0.05) is 3.57 Å². The summed E-state index contributed by atoms with van der Waals surface area (Å²) in [7, 11) is 0. The largest absolute Gasteiger partial charge is 0.207 e. The van der Waals surface area contributed by atoms with Crippen molar-refractivity contribution in [1.29, 1.82) is 0 Å². The molecule has 80 valence electrons. The number of aryl methyl sites for hydroxylation is 1. The molecular weight excluding hydrogens is 306 g/mol. The Balaban J connectivity index is 2.44. The zero-order valence-electron chi connectivity index (χ0n) is 9.57. The van der Waals surface area contributed by atoms with E-state index in [1.165, 1.54) is 20.1 Å². The lowest BCUT2D eigenvalue weighted by Crippen LogP contribution is -2.42. The van der Waals surface area contributed by atoms with Gasteiger partial charge in [-0.25, -0.2) is 0 Å². The molecule has 0 heterocycles. The summed E-state index contributed by atoms with van der Waals surface area (Å²) in [5.74, 6) is 0. The maximum Gasteiger partial charge on any atom is 0.207 e. The lowest BCUT2D eigenvalue weighted by Gasteiger charge is -2.13. The molecule has 0 saturated carbocycles. The minimum absolute atomic E-state index is 0.467. The third-order valence-electron chi connectivity index (χ3n) is 3.03. The van der Waals surface area contributed by atoms with Gasteiger partial charge in [0.15, 0.2) is 0 Å². The van der Waals surface area contributed by atoms with Gasteiger partial charge in [-0.2, -0.15) is 0 Å². The molecule has 0 aromatic heterocycles. The number of hydrogen-bond acceptors (Lipinski definition) is 0. The first-order chi connectivity index (χ1) is 7.70. The van der Waals surface area contributed by atoms with Crippen molar-refractivity contribution in [3.05, 3.63) is 57.7 Å². The highest BCUT2D eigenvalue weighted by Crippen LogP contribution is 2.04. The summed E-state index contributed by atoms with van der Waals surface area (Å²) in [5, 5.41) is 0. The van der Waals surface area contributed by atoms with Crippen molar-refractivity contribution < 1.29 is 0 Å². The van der Waals surface area contributed by atoms with Crippen LogP contribution < -0.4 is 10.9 Å². The van der Waals surface area contributed by atoms with E-state index in [-0.39, 0.29) is 0 Å². The van der Waals surface area contributed by atoms with Crippen molar-refractivity contribution in [3.8, 4) is 0 Å². The Morgan fingerprint density at radius 1 is 0.875 bits per heavy atom. The minimum Gasteiger partial charge on any atom is -0.0774 e. The molecule has 0 radical (unpaired) electrons. The van der Waals surface area contributed by atoms with E-state index in [1.807, 2.05) is 0 Å². The Labute approximate surface area is 111 Å². The van der Waals surface area contributed by atoms with Crippen LogP contribution in [0.1, 0.15) is 5.56 Å². The highest BCUT2D eigenvalue weighted by Gasteiger charge is 2.16. The van der Waals surface area contributed by atoms with Gasteiger partial charge in [0.05, 0.1) is 0 Å². The van der Waals surface area contributed by atoms with E-state index in [9.17, 15) is 0 Å². The van der Waals surface area contributed by atoms with E-state index in [1.54, 1.807) is 0 Å². The summed E-state index contributed by atoms with van der Waals surface area (Å²) in [6.07, 6.45) is 0. The lowest BCUT2D eigenvalue weighted by molar-refractivity contribution is 1.51. The molecule has 0 N–H and O–H groups in total. The molecule has 0 fully saturated rings. The molecule has 2 aromatic carbocycles. The van der Waals surface area contributed by atoms with Crippen LogP contribution in [0.3, 0.4) is 0 Å². The van der Waals surface area contributed by atoms with Crippen LogP contribution in [0.5, 0.6) is 0 Å². The molecule has 0 saturated heterocycles. The summed E-state index contributed by atoms with van der Waals surface area (Å²) in [6, 6.07) is 17.2. The normalized spacial score (nSPS) is 10.2. The van der Waals surface area contributed by atoms with Gasteiger partial charge < -0.3 is 0 Å². The van der Waals surface area contributed by atoms with Crippen LogP contribution in [-0.2, 0) is 0 Å². The Morgan fingerprint density at radius 3 is 2.06 bits per heavy atom. The minimum atomic E-state index is 0.467. The molecule has 0 atom stereocenters. The smallest absolute Gasteiger partial charge is 0.0774 e. The average molecular weight is 320 g/mol. The summed E-state index contributed by atoms with van der Waals surface area (Å²) in [5.41, 5.74) is 4.21. The van der Waals surface area contributed by atoms with Crippen LogP contribution in [0.4, 0.5) is 0 Å². The highest BCUT2D eigenvalue weighted by atomic mass is 127. The van der Waals surface area contributed by atoms with Crippen molar-refractivity contribution in [3.63, 3.8) is 0 Å². The summed E-state index contributed by atoms with van der Waals surface area (Å²) in [6.45, 7) is 4.93. The molecule has 2 heteroatoms. The topological polar surface area (TPSA) is 0 Å². The van der Waals surface area contributed by atoms with Crippen LogP contribution in [0, 0.1) is 10.5 Å². The quantitative estimate of drug-likeness (QED) is 0.590. The van der Waals surface area contributed by atoms with Crippen molar-refractivity contribution >= 4 is 40.2 Å². The fourth-order valence-electron chi connectivity index (χ4n) is 2.07. The fourth-order valence-corrected chi connectivity index (χ4v) is 2.92. The van der Waals surface area contributed by atoms with Gasteiger partial charge in [0.1, 0.15) is 0 Å². The van der Waals surface area contributed by atoms with E-state index in [2.05, 4.69) is 84.9 Å². The molecule has 0 bridgehead atoms. The first kappa shape index (κ1) is 11.7. The molecule has 0 aliphatic heterocycles. The number of rotatable bonds is 2. The van der Waals surface area contributed by atoms with Crippen LogP contribution in [0.15, 0.2) is 48.5 Å². The third kappa shape index (κ3) is 2.32. The number of benzene rings is 2. The predicted octanol–water partition coefficient (Wildman–Crippen LogP) is 2.84. The van der Waals surface area contributed by atoms with Crippen LogP contribution in [-0.4, -0.2) is 6.71 Å². The van der Waals surface area contributed by atoms with Gasteiger partial charge in [-0.3, -0.25) is 0 Å². The standard InChI is InChI=1S/C14H14BI/c1-11-7-3-4-8-12(11)15(2)13-9-5-6-10-14(13)16/h3-10H,1-2H3. The van der Waals surface area contributed by atoms with Crippen LogP contribution in [0.25, 0.3) is 0 Å². The zero-order valence-corrected chi connectivity index (χ0v) is 11.7. The van der Waals surface area contributed by atoms with Gasteiger partial charge in [0.25, 0.3) is 0 Å². The summed E-state index contributed by atoms with van der Waals surface area (Å²) >= 11 is 2.41. The van der Waals surface area contributed by atoms with Crippen molar-refractivity contribution in [2.75, 3.05) is 0 Å². The number of hydrogen-bond donors (Lipinski definition) is 0. The second-order valence-corrected chi connectivity index (χ2v) is 5.26. The average Bonchev–Trinajstić information content (AvgIpc) is 2.29. The predicted molar refractivity (Wildman–Crippen MR) is 81.2 cm³/mol. The molecule has 2 aromatic rings. The SMILES string of the molecule is CB(c1ccccc1C)c1ccccc1I. The third-order valence-corrected chi connectivity index (χ3v) is 4.01. The molecule has 0 aliphatic rings. The van der Waals surface area contributed by atoms with E-state index in [0.717, 1.165) is 0 Å². The molecule has 2 rings (SSSR count). The monoisotopic (exact) mass is 320 g/mol. The molecule has 0 aliphatic carbocycles. The first-order valence-electron chi connectivity index (χ1n) is 5.50. The van der Waals surface area contributed by atoms with Crippen LogP contribution >= 0.6 is 22.6 Å². The van der Waals surface area contributed by atoms with E-state index in [4.69, 9.17) is 0 Å². The number of halogens is 1. The van der Waals surface area contributed by atoms with Crippen molar-refractivity contribution in [2.45, 2.75) is 13.7 Å².